The van der Waals surface area contributed by atoms with Crippen LogP contribution < -0.4 is 23.7 Å². The molecule has 0 aliphatic carbocycles. The molecule has 0 saturated heterocycles. The zero-order valence-corrected chi connectivity index (χ0v) is 15.6. The van der Waals surface area contributed by atoms with Crippen LogP contribution in [-0.2, 0) is 0 Å². The van der Waals surface area contributed by atoms with Crippen molar-refractivity contribution in [2.75, 3.05) is 28.4 Å². The maximum atomic E-state index is 6.31. The van der Waals surface area contributed by atoms with E-state index in [1.165, 1.54) is 11.5 Å². The second kappa shape index (κ2) is 6.42. The molecule has 2 aromatic carbocycles. The van der Waals surface area contributed by atoms with Crippen LogP contribution in [0.2, 0.25) is 0 Å². The third-order valence-corrected chi connectivity index (χ3v) is 4.93. The minimum absolute atomic E-state index is 0.521. The average molecular weight is 371 g/mol. The Balaban J connectivity index is 2.08. The molecule has 0 amide bonds. The Hall–Kier alpha value is -2.93. The standard InChI is InChI=1S/C19H17NO5S/c1-21-10-7-12-16-13(9-26-20-16)11-5-6-14(22-2)19(24-4)18(11)25-17(12)15(8-10)23-3/h5-9H,1-4H3. The van der Waals surface area contributed by atoms with Gasteiger partial charge in [0.2, 0.25) is 5.75 Å². The number of nitrogens with zero attached hydrogens (tertiary/aromatic N) is 1. The van der Waals surface area contributed by atoms with Crippen LogP contribution in [0.4, 0.5) is 0 Å². The lowest BCUT2D eigenvalue weighted by molar-refractivity contribution is 0.330. The first-order valence-electron chi connectivity index (χ1n) is 7.85. The molecule has 6 nitrogen and oxygen atoms in total. The van der Waals surface area contributed by atoms with E-state index in [9.17, 15) is 0 Å². The second-order valence-electron chi connectivity index (χ2n) is 5.56. The molecule has 0 bridgehead atoms. The van der Waals surface area contributed by atoms with Crippen molar-refractivity contribution in [3.8, 4) is 56.9 Å². The normalized spacial score (nSPS) is 11.4. The van der Waals surface area contributed by atoms with Crippen molar-refractivity contribution in [2.45, 2.75) is 0 Å². The van der Waals surface area contributed by atoms with Crippen molar-refractivity contribution in [1.82, 2.24) is 4.37 Å². The van der Waals surface area contributed by atoms with Gasteiger partial charge in [-0.1, -0.05) is 0 Å². The van der Waals surface area contributed by atoms with Crippen LogP contribution in [0.25, 0.3) is 22.4 Å². The summed E-state index contributed by atoms with van der Waals surface area (Å²) in [6.45, 7) is 0. The third-order valence-electron chi connectivity index (χ3n) is 4.30. The first-order chi connectivity index (χ1) is 12.7. The Labute approximate surface area is 155 Å². The van der Waals surface area contributed by atoms with Crippen molar-refractivity contribution in [3.05, 3.63) is 29.6 Å². The Morgan fingerprint density at radius 2 is 1.62 bits per heavy atom. The topological polar surface area (TPSA) is 59.0 Å². The number of rotatable bonds is 4. The van der Waals surface area contributed by atoms with Crippen LogP contribution in [0.3, 0.4) is 0 Å². The molecule has 4 rings (SSSR count). The molecule has 26 heavy (non-hydrogen) atoms. The van der Waals surface area contributed by atoms with Gasteiger partial charge in [0.25, 0.3) is 0 Å². The Kier molecular flexibility index (Phi) is 4.08. The van der Waals surface area contributed by atoms with Crippen LogP contribution in [0.5, 0.6) is 34.5 Å². The zero-order valence-electron chi connectivity index (χ0n) is 14.8. The molecule has 0 fully saturated rings. The maximum Gasteiger partial charge on any atom is 0.204 e. The van der Waals surface area contributed by atoms with Crippen LogP contribution in [0.15, 0.2) is 29.6 Å². The summed E-state index contributed by atoms with van der Waals surface area (Å²) in [5, 5.41) is 1.99. The fourth-order valence-corrected chi connectivity index (χ4v) is 3.76. The molecule has 3 aromatic rings. The predicted octanol–water partition coefficient (Wildman–Crippen LogP) is 4.62. The molecule has 0 N–H and O–H groups in total. The van der Waals surface area contributed by atoms with Gasteiger partial charge in [0.15, 0.2) is 23.0 Å². The summed E-state index contributed by atoms with van der Waals surface area (Å²) in [5.41, 5.74) is 3.45. The minimum atomic E-state index is 0.521. The van der Waals surface area contributed by atoms with Crippen LogP contribution >= 0.6 is 11.5 Å². The quantitative estimate of drug-likeness (QED) is 0.522. The Morgan fingerprint density at radius 1 is 0.808 bits per heavy atom. The molecular weight excluding hydrogens is 354 g/mol. The second-order valence-corrected chi connectivity index (χ2v) is 6.19. The lowest BCUT2D eigenvalue weighted by Crippen LogP contribution is -1.97. The number of fused-ring (bicyclic) bond motifs is 5. The highest BCUT2D eigenvalue weighted by Gasteiger charge is 2.30. The van der Waals surface area contributed by atoms with Crippen molar-refractivity contribution >= 4 is 11.5 Å². The minimum Gasteiger partial charge on any atom is -0.497 e. The van der Waals surface area contributed by atoms with Gasteiger partial charge in [-0.05, 0) is 29.7 Å². The van der Waals surface area contributed by atoms with Gasteiger partial charge in [0.1, 0.15) is 5.75 Å². The lowest BCUT2D eigenvalue weighted by atomic mass is 10.0. The van der Waals surface area contributed by atoms with E-state index in [1.54, 1.807) is 34.5 Å². The Morgan fingerprint density at radius 3 is 2.31 bits per heavy atom. The van der Waals surface area contributed by atoms with Crippen molar-refractivity contribution in [3.63, 3.8) is 0 Å². The average Bonchev–Trinajstić information content (AvgIpc) is 3.12. The first kappa shape index (κ1) is 16.5. The number of benzene rings is 2. The summed E-state index contributed by atoms with van der Waals surface area (Å²) in [6, 6.07) is 7.48. The van der Waals surface area contributed by atoms with Gasteiger partial charge >= 0.3 is 0 Å². The molecule has 0 atom stereocenters. The van der Waals surface area contributed by atoms with Crippen LogP contribution in [0.1, 0.15) is 0 Å². The van der Waals surface area contributed by atoms with E-state index in [0.29, 0.717) is 34.5 Å². The molecule has 1 aliphatic rings. The molecule has 0 radical (unpaired) electrons. The molecule has 0 spiro atoms. The van der Waals surface area contributed by atoms with Gasteiger partial charge in [-0.2, -0.15) is 4.37 Å². The largest absolute Gasteiger partial charge is 0.497 e. The van der Waals surface area contributed by atoms with E-state index in [1.807, 2.05) is 23.6 Å². The molecule has 0 saturated carbocycles. The number of ether oxygens (including phenoxy) is 5. The molecule has 0 unspecified atom stereocenters. The highest BCUT2D eigenvalue weighted by molar-refractivity contribution is 7.04. The van der Waals surface area contributed by atoms with E-state index in [4.69, 9.17) is 23.7 Å². The fourth-order valence-electron chi connectivity index (χ4n) is 3.06. The lowest BCUT2D eigenvalue weighted by Gasteiger charge is -2.17. The number of methoxy groups -OCH3 is 4. The summed E-state index contributed by atoms with van der Waals surface area (Å²) in [4.78, 5) is 0. The molecule has 1 aromatic heterocycles. The van der Waals surface area contributed by atoms with Gasteiger partial charge in [0, 0.05) is 22.6 Å². The van der Waals surface area contributed by atoms with E-state index in [-0.39, 0.29) is 0 Å². The summed E-state index contributed by atoms with van der Waals surface area (Å²) in [6.07, 6.45) is 0. The van der Waals surface area contributed by atoms with Gasteiger partial charge in [-0.25, -0.2) is 0 Å². The van der Waals surface area contributed by atoms with Crippen LogP contribution in [0, 0.1) is 0 Å². The molecule has 7 heteroatoms. The molecule has 134 valence electrons. The summed E-state index contributed by atoms with van der Waals surface area (Å²) in [7, 11) is 6.39. The summed E-state index contributed by atoms with van der Waals surface area (Å²) in [5.74, 6) is 3.45. The number of aromatic nitrogens is 1. The monoisotopic (exact) mass is 371 g/mol. The van der Waals surface area contributed by atoms with Gasteiger partial charge < -0.3 is 23.7 Å². The Bertz CT molecular complexity index is 982. The predicted molar refractivity (Wildman–Crippen MR) is 99.3 cm³/mol. The van der Waals surface area contributed by atoms with Crippen LogP contribution in [-0.4, -0.2) is 32.8 Å². The smallest absolute Gasteiger partial charge is 0.204 e. The van der Waals surface area contributed by atoms with Gasteiger partial charge in [-0.15, -0.1) is 0 Å². The van der Waals surface area contributed by atoms with Crippen molar-refractivity contribution < 1.29 is 23.7 Å². The molecule has 2 heterocycles. The van der Waals surface area contributed by atoms with E-state index in [2.05, 4.69) is 4.37 Å². The van der Waals surface area contributed by atoms with Crippen molar-refractivity contribution in [2.24, 2.45) is 0 Å². The van der Waals surface area contributed by atoms with E-state index >= 15 is 0 Å². The highest BCUT2D eigenvalue weighted by Crippen LogP contribution is 2.55. The van der Waals surface area contributed by atoms with Crippen molar-refractivity contribution in [1.29, 1.82) is 0 Å². The first-order valence-corrected chi connectivity index (χ1v) is 8.69. The maximum absolute atomic E-state index is 6.31. The number of hydrogen-bond donors (Lipinski definition) is 0. The zero-order chi connectivity index (χ0) is 18.3. The van der Waals surface area contributed by atoms with E-state index < -0.39 is 0 Å². The van der Waals surface area contributed by atoms with Gasteiger partial charge in [-0.3, -0.25) is 0 Å². The summed E-state index contributed by atoms with van der Waals surface area (Å²) < 4.78 is 32.9. The van der Waals surface area contributed by atoms with E-state index in [0.717, 1.165) is 22.4 Å². The van der Waals surface area contributed by atoms with Gasteiger partial charge in [0.05, 0.1) is 39.7 Å². The SMILES string of the molecule is COc1cc(OC)c2c(c1)-c1nscc1-c1ccc(OC)c(OC)c1O2. The number of hydrogen-bond acceptors (Lipinski definition) is 7. The molecular formula is C19H17NO5S. The third kappa shape index (κ3) is 2.35. The fraction of sp³-hybridized carbons (Fsp3) is 0.211. The summed E-state index contributed by atoms with van der Waals surface area (Å²) >= 11 is 1.38. The highest BCUT2D eigenvalue weighted by atomic mass is 32.1. The molecule has 1 aliphatic heterocycles.